The molecule has 0 radical (unpaired) electrons. The third-order valence-corrected chi connectivity index (χ3v) is 5.27. The van der Waals surface area contributed by atoms with Gasteiger partial charge >= 0.3 is 0 Å². The molecule has 6 heteroatoms. The van der Waals surface area contributed by atoms with Gasteiger partial charge < -0.3 is 9.88 Å². The molecule has 1 N–H and O–H groups in total. The van der Waals surface area contributed by atoms with Crippen LogP contribution < -0.4 is 5.56 Å². The lowest BCUT2D eigenvalue weighted by Crippen LogP contribution is -2.40. The number of fused-ring (bicyclic) bond motifs is 1. The van der Waals surface area contributed by atoms with E-state index in [1.807, 2.05) is 65.4 Å². The maximum atomic E-state index is 13.2. The molecular weight excluding hydrogens is 352 g/mol. The lowest BCUT2D eigenvalue weighted by Gasteiger charge is -2.30. The highest BCUT2D eigenvalue weighted by molar-refractivity contribution is 5.83. The number of rotatable bonds is 5. The normalized spacial score (nSPS) is 15.3. The Kier molecular flexibility index (Phi) is 5.21. The van der Waals surface area contributed by atoms with E-state index in [-0.39, 0.29) is 11.5 Å². The zero-order valence-electron chi connectivity index (χ0n) is 16.0. The molecule has 1 aliphatic heterocycles. The van der Waals surface area contributed by atoms with Crippen molar-refractivity contribution in [2.75, 3.05) is 20.1 Å². The number of aromatic amines is 1. The van der Waals surface area contributed by atoms with Crippen LogP contribution in [0, 0.1) is 0 Å². The van der Waals surface area contributed by atoms with Gasteiger partial charge in [-0.15, -0.1) is 0 Å². The maximum Gasteiger partial charge on any atom is 0.258 e. The van der Waals surface area contributed by atoms with E-state index in [2.05, 4.69) is 9.97 Å². The van der Waals surface area contributed by atoms with Gasteiger partial charge in [0, 0.05) is 13.1 Å². The predicted molar refractivity (Wildman–Crippen MR) is 109 cm³/mol. The minimum absolute atomic E-state index is 0.106. The summed E-state index contributed by atoms with van der Waals surface area (Å²) in [5.74, 6) is 0.663. The summed E-state index contributed by atoms with van der Waals surface area (Å²) < 4.78 is 0. The molecular formula is C22H24N4O2. The molecule has 3 aromatic rings. The van der Waals surface area contributed by atoms with E-state index < -0.39 is 6.04 Å². The van der Waals surface area contributed by atoms with Gasteiger partial charge in [-0.05, 0) is 37.6 Å². The number of carbonyl (C=O) groups is 1. The van der Waals surface area contributed by atoms with Crippen molar-refractivity contribution in [3.05, 3.63) is 76.3 Å². The van der Waals surface area contributed by atoms with Crippen LogP contribution >= 0.6 is 0 Å². The second-order valence-corrected chi connectivity index (χ2v) is 7.29. The minimum Gasteiger partial charge on any atom is -0.341 e. The predicted octanol–water partition coefficient (Wildman–Crippen LogP) is 2.72. The van der Waals surface area contributed by atoms with E-state index in [1.165, 1.54) is 0 Å². The SMILES string of the molecule is CN(Cc1nc2ccccc2c(=O)[nH]1)[C@@H](C(=O)N1CCCC1)c1ccccc1. The Morgan fingerprint density at radius 2 is 1.79 bits per heavy atom. The van der Waals surface area contributed by atoms with Crippen LogP contribution in [0.5, 0.6) is 0 Å². The number of nitrogens with one attached hydrogen (secondary N) is 1. The molecule has 1 aromatic heterocycles. The first-order chi connectivity index (χ1) is 13.6. The van der Waals surface area contributed by atoms with Crippen LogP contribution in [0.3, 0.4) is 0 Å². The summed E-state index contributed by atoms with van der Waals surface area (Å²) in [6.07, 6.45) is 2.10. The fourth-order valence-corrected chi connectivity index (χ4v) is 3.87. The first-order valence-corrected chi connectivity index (χ1v) is 9.65. The molecule has 0 spiro atoms. The molecule has 144 valence electrons. The molecule has 6 nitrogen and oxygen atoms in total. The number of likely N-dealkylation sites (N-methyl/N-ethyl adjacent to an activating group) is 1. The fraction of sp³-hybridized carbons (Fsp3) is 0.318. The number of hydrogen-bond acceptors (Lipinski definition) is 4. The quantitative estimate of drug-likeness (QED) is 0.743. The van der Waals surface area contributed by atoms with Crippen molar-refractivity contribution in [1.29, 1.82) is 0 Å². The summed E-state index contributed by atoms with van der Waals surface area (Å²) in [6.45, 7) is 1.99. The van der Waals surface area contributed by atoms with Crippen molar-refractivity contribution in [3.63, 3.8) is 0 Å². The van der Waals surface area contributed by atoms with Crippen LogP contribution in [0.2, 0.25) is 0 Å². The summed E-state index contributed by atoms with van der Waals surface area (Å²) in [4.78, 5) is 37.0. The Morgan fingerprint density at radius 1 is 1.11 bits per heavy atom. The van der Waals surface area contributed by atoms with Crippen molar-refractivity contribution in [2.24, 2.45) is 0 Å². The third-order valence-electron chi connectivity index (χ3n) is 5.27. The summed E-state index contributed by atoms with van der Waals surface area (Å²) in [5, 5.41) is 0.571. The summed E-state index contributed by atoms with van der Waals surface area (Å²) >= 11 is 0. The Balaban J connectivity index is 1.65. The number of aromatic nitrogens is 2. The topological polar surface area (TPSA) is 69.3 Å². The fourth-order valence-electron chi connectivity index (χ4n) is 3.87. The van der Waals surface area contributed by atoms with Crippen molar-refractivity contribution >= 4 is 16.8 Å². The van der Waals surface area contributed by atoms with Crippen LogP contribution in [0.25, 0.3) is 10.9 Å². The second kappa shape index (κ2) is 7.94. The van der Waals surface area contributed by atoms with Gasteiger partial charge in [0.2, 0.25) is 5.91 Å². The third kappa shape index (κ3) is 3.68. The van der Waals surface area contributed by atoms with E-state index >= 15 is 0 Å². The van der Waals surface area contributed by atoms with E-state index in [9.17, 15) is 9.59 Å². The number of H-pyrrole nitrogens is 1. The molecule has 0 unspecified atom stereocenters. The van der Waals surface area contributed by atoms with Gasteiger partial charge in [0.15, 0.2) is 0 Å². The standard InChI is InChI=1S/C22H24N4O2/c1-25(15-19-23-18-12-6-5-11-17(18)21(27)24-19)20(16-9-3-2-4-10-16)22(28)26-13-7-8-14-26/h2-6,9-12,20H,7-8,13-15H2,1H3,(H,23,24,27)/t20-/m1/s1. The highest BCUT2D eigenvalue weighted by Crippen LogP contribution is 2.25. The van der Waals surface area contributed by atoms with Gasteiger partial charge in [-0.25, -0.2) is 4.98 Å². The smallest absolute Gasteiger partial charge is 0.258 e. The number of likely N-dealkylation sites (tertiary alicyclic amines) is 1. The average Bonchev–Trinajstić information content (AvgIpc) is 3.24. The van der Waals surface area contributed by atoms with Crippen molar-refractivity contribution < 1.29 is 4.79 Å². The zero-order chi connectivity index (χ0) is 19.5. The molecule has 0 bridgehead atoms. The van der Waals surface area contributed by atoms with Gasteiger partial charge in [-0.2, -0.15) is 0 Å². The molecule has 0 aliphatic carbocycles. The Morgan fingerprint density at radius 3 is 2.54 bits per heavy atom. The lowest BCUT2D eigenvalue weighted by molar-refractivity contribution is -0.136. The largest absolute Gasteiger partial charge is 0.341 e. The highest BCUT2D eigenvalue weighted by Gasteiger charge is 2.31. The van der Waals surface area contributed by atoms with Crippen LogP contribution in [0.4, 0.5) is 0 Å². The molecule has 2 aromatic carbocycles. The van der Waals surface area contributed by atoms with E-state index in [0.29, 0.717) is 23.3 Å². The molecule has 2 heterocycles. The van der Waals surface area contributed by atoms with Crippen LogP contribution in [-0.4, -0.2) is 45.8 Å². The Bertz CT molecular complexity index is 1030. The number of para-hydroxylation sites is 1. The van der Waals surface area contributed by atoms with E-state index in [0.717, 1.165) is 31.5 Å². The monoisotopic (exact) mass is 376 g/mol. The Labute approximate surface area is 163 Å². The first-order valence-electron chi connectivity index (χ1n) is 9.65. The van der Waals surface area contributed by atoms with Gasteiger partial charge in [0.1, 0.15) is 11.9 Å². The Hall–Kier alpha value is -2.99. The van der Waals surface area contributed by atoms with E-state index in [1.54, 1.807) is 6.07 Å². The van der Waals surface area contributed by atoms with Gasteiger partial charge in [0.25, 0.3) is 5.56 Å². The van der Waals surface area contributed by atoms with Gasteiger partial charge in [-0.1, -0.05) is 42.5 Å². The molecule has 1 saturated heterocycles. The number of benzene rings is 2. The molecule has 1 fully saturated rings. The number of amides is 1. The number of carbonyl (C=O) groups excluding carboxylic acids is 1. The number of nitrogens with zero attached hydrogens (tertiary/aromatic N) is 3. The molecule has 4 rings (SSSR count). The number of hydrogen-bond donors (Lipinski definition) is 1. The van der Waals surface area contributed by atoms with Crippen molar-refractivity contribution in [3.8, 4) is 0 Å². The highest BCUT2D eigenvalue weighted by atomic mass is 16.2. The van der Waals surface area contributed by atoms with Crippen LogP contribution in [0.1, 0.15) is 30.3 Å². The molecule has 1 amide bonds. The molecule has 0 saturated carbocycles. The first kappa shape index (κ1) is 18.4. The summed E-state index contributed by atoms with van der Waals surface area (Å²) in [6, 6.07) is 16.7. The van der Waals surface area contributed by atoms with Crippen molar-refractivity contribution in [2.45, 2.75) is 25.4 Å². The average molecular weight is 376 g/mol. The minimum atomic E-state index is -0.406. The molecule has 1 atom stereocenters. The summed E-state index contributed by atoms with van der Waals surface area (Å²) in [7, 11) is 1.90. The maximum absolute atomic E-state index is 13.2. The lowest BCUT2D eigenvalue weighted by atomic mass is 10.0. The molecule has 1 aliphatic rings. The zero-order valence-corrected chi connectivity index (χ0v) is 16.0. The second-order valence-electron chi connectivity index (χ2n) is 7.29. The summed E-state index contributed by atoms with van der Waals surface area (Å²) in [5.41, 5.74) is 1.46. The van der Waals surface area contributed by atoms with Crippen LogP contribution in [0.15, 0.2) is 59.4 Å². The van der Waals surface area contributed by atoms with Crippen molar-refractivity contribution in [1.82, 2.24) is 19.8 Å². The van der Waals surface area contributed by atoms with Crippen LogP contribution in [-0.2, 0) is 11.3 Å². The van der Waals surface area contributed by atoms with Gasteiger partial charge in [0.05, 0.1) is 17.4 Å². The van der Waals surface area contributed by atoms with Gasteiger partial charge in [-0.3, -0.25) is 14.5 Å². The molecule has 28 heavy (non-hydrogen) atoms. The van der Waals surface area contributed by atoms with E-state index in [4.69, 9.17) is 0 Å².